The van der Waals surface area contributed by atoms with E-state index in [1.54, 1.807) is 6.07 Å². The zero-order valence-corrected chi connectivity index (χ0v) is 9.76. The summed E-state index contributed by atoms with van der Waals surface area (Å²) < 4.78 is 13.4. The molecule has 1 aromatic rings. The zero-order valence-electron chi connectivity index (χ0n) is 9.76. The third-order valence-electron chi connectivity index (χ3n) is 2.50. The highest BCUT2D eigenvalue weighted by atomic mass is 19.1. The summed E-state index contributed by atoms with van der Waals surface area (Å²) in [5.74, 6) is -0.116. The Balaban J connectivity index is 2.73. The minimum atomic E-state index is -0.116. The molecule has 0 amide bonds. The summed E-state index contributed by atoms with van der Waals surface area (Å²) in [4.78, 5) is 0. The van der Waals surface area contributed by atoms with Crippen LogP contribution >= 0.6 is 0 Å². The van der Waals surface area contributed by atoms with Crippen LogP contribution in [0.15, 0.2) is 24.3 Å². The van der Waals surface area contributed by atoms with Gasteiger partial charge in [0.05, 0.1) is 0 Å². The predicted molar refractivity (Wildman–Crippen MR) is 62.2 cm³/mol. The van der Waals surface area contributed by atoms with Gasteiger partial charge < -0.3 is 5.73 Å². The minimum Gasteiger partial charge on any atom is -0.328 e. The molecule has 2 N–H and O–H groups in total. The number of rotatable bonds is 4. The van der Waals surface area contributed by atoms with E-state index in [1.165, 1.54) is 6.07 Å². The quantitative estimate of drug-likeness (QED) is 0.810. The molecule has 0 fully saturated rings. The average Bonchev–Trinajstić information content (AvgIpc) is 2.06. The van der Waals surface area contributed by atoms with Crippen molar-refractivity contribution in [2.24, 2.45) is 11.1 Å². The summed E-state index contributed by atoms with van der Waals surface area (Å²) >= 11 is 0. The van der Waals surface area contributed by atoms with E-state index in [-0.39, 0.29) is 17.3 Å². The fourth-order valence-corrected chi connectivity index (χ4v) is 2.10. The number of halogens is 1. The number of benzene rings is 1. The molecule has 0 aliphatic heterocycles. The maximum atomic E-state index is 13.4. The molecule has 2 heteroatoms. The van der Waals surface area contributed by atoms with E-state index in [0.29, 0.717) is 0 Å². The Morgan fingerprint density at radius 2 is 1.93 bits per heavy atom. The lowest BCUT2D eigenvalue weighted by atomic mass is 9.80. The van der Waals surface area contributed by atoms with Gasteiger partial charge in [0.2, 0.25) is 0 Å². The third-order valence-corrected chi connectivity index (χ3v) is 2.50. The lowest BCUT2D eigenvalue weighted by molar-refractivity contribution is 0.305. The summed E-state index contributed by atoms with van der Waals surface area (Å²) in [6.45, 7) is 6.24. The second kappa shape index (κ2) is 4.75. The van der Waals surface area contributed by atoms with Gasteiger partial charge in [-0.25, -0.2) is 4.39 Å². The van der Waals surface area contributed by atoms with Crippen LogP contribution in [0.5, 0.6) is 0 Å². The van der Waals surface area contributed by atoms with E-state index >= 15 is 0 Å². The van der Waals surface area contributed by atoms with Crippen LogP contribution in [0.4, 0.5) is 4.39 Å². The Hall–Kier alpha value is -0.890. The molecule has 0 aliphatic carbocycles. The van der Waals surface area contributed by atoms with Crippen molar-refractivity contribution in [3.8, 4) is 0 Å². The van der Waals surface area contributed by atoms with Crippen LogP contribution in [0, 0.1) is 11.2 Å². The minimum absolute atomic E-state index is 0.0519. The van der Waals surface area contributed by atoms with Crippen LogP contribution in [0.3, 0.4) is 0 Å². The van der Waals surface area contributed by atoms with Crippen LogP contribution in [-0.4, -0.2) is 6.04 Å². The van der Waals surface area contributed by atoms with Crippen molar-refractivity contribution in [1.82, 2.24) is 0 Å². The molecule has 84 valence electrons. The van der Waals surface area contributed by atoms with Crippen LogP contribution in [-0.2, 0) is 6.42 Å². The summed E-state index contributed by atoms with van der Waals surface area (Å²) in [6.07, 6.45) is 1.64. The fraction of sp³-hybridized carbons (Fsp3) is 0.538. The van der Waals surface area contributed by atoms with Crippen molar-refractivity contribution in [2.75, 3.05) is 0 Å². The lowest BCUT2D eigenvalue weighted by Gasteiger charge is -2.26. The smallest absolute Gasteiger partial charge is 0.126 e. The fourth-order valence-electron chi connectivity index (χ4n) is 2.10. The van der Waals surface area contributed by atoms with E-state index < -0.39 is 0 Å². The molecule has 0 spiro atoms. The Labute approximate surface area is 91.5 Å². The molecule has 1 rings (SSSR count). The third kappa shape index (κ3) is 4.00. The molecule has 15 heavy (non-hydrogen) atoms. The number of hydrogen-bond acceptors (Lipinski definition) is 1. The van der Waals surface area contributed by atoms with Gasteiger partial charge in [-0.05, 0) is 36.8 Å². The van der Waals surface area contributed by atoms with Crippen molar-refractivity contribution in [2.45, 2.75) is 39.7 Å². The van der Waals surface area contributed by atoms with Crippen molar-refractivity contribution < 1.29 is 4.39 Å². The molecule has 0 aromatic heterocycles. The summed E-state index contributed by atoms with van der Waals surface area (Å²) in [7, 11) is 0. The Bertz CT molecular complexity index is 318. The maximum Gasteiger partial charge on any atom is 0.126 e. The first kappa shape index (κ1) is 12.2. The first-order valence-electron chi connectivity index (χ1n) is 5.40. The average molecular weight is 209 g/mol. The molecule has 0 bridgehead atoms. The van der Waals surface area contributed by atoms with E-state index in [0.717, 1.165) is 18.4 Å². The van der Waals surface area contributed by atoms with Gasteiger partial charge in [-0.2, -0.15) is 0 Å². The molecule has 0 saturated heterocycles. The second-order valence-corrected chi connectivity index (χ2v) is 5.11. The van der Waals surface area contributed by atoms with Gasteiger partial charge in [0.15, 0.2) is 0 Å². The Morgan fingerprint density at radius 1 is 1.33 bits per heavy atom. The molecule has 1 atom stereocenters. The SMILES string of the molecule is CC(N)CC(C)(C)Cc1ccccc1F. The first-order valence-corrected chi connectivity index (χ1v) is 5.40. The summed E-state index contributed by atoms with van der Waals surface area (Å²) in [6, 6.07) is 7.11. The number of nitrogens with two attached hydrogens (primary N) is 1. The molecule has 0 heterocycles. The summed E-state index contributed by atoms with van der Waals surface area (Å²) in [5.41, 5.74) is 6.61. The molecular weight excluding hydrogens is 189 g/mol. The van der Waals surface area contributed by atoms with Gasteiger partial charge in [0.1, 0.15) is 5.82 Å². The van der Waals surface area contributed by atoms with Gasteiger partial charge >= 0.3 is 0 Å². The molecule has 1 nitrogen and oxygen atoms in total. The second-order valence-electron chi connectivity index (χ2n) is 5.11. The molecule has 1 unspecified atom stereocenters. The largest absolute Gasteiger partial charge is 0.328 e. The lowest BCUT2D eigenvalue weighted by Crippen LogP contribution is -2.26. The first-order chi connectivity index (χ1) is 6.91. The van der Waals surface area contributed by atoms with Gasteiger partial charge in [-0.1, -0.05) is 32.0 Å². The molecule has 0 saturated carbocycles. The highest BCUT2D eigenvalue weighted by Crippen LogP contribution is 2.27. The predicted octanol–water partition coefficient (Wildman–Crippen LogP) is 3.13. The Kier molecular flexibility index (Phi) is 3.86. The molecule has 0 aliphatic rings. The highest BCUT2D eigenvalue weighted by molar-refractivity contribution is 5.18. The van der Waals surface area contributed by atoms with Gasteiger partial charge in [-0.3, -0.25) is 0 Å². The number of hydrogen-bond donors (Lipinski definition) is 1. The molecule has 0 radical (unpaired) electrons. The zero-order chi connectivity index (χ0) is 11.5. The van der Waals surface area contributed by atoms with Gasteiger partial charge in [-0.15, -0.1) is 0 Å². The van der Waals surface area contributed by atoms with Crippen LogP contribution in [0.1, 0.15) is 32.8 Å². The van der Waals surface area contributed by atoms with Crippen molar-refractivity contribution in [3.63, 3.8) is 0 Å². The Morgan fingerprint density at radius 3 is 2.47 bits per heavy atom. The maximum absolute atomic E-state index is 13.4. The molecule has 1 aromatic carbocycles. The van der Waals surface area contributed by atoms with Crippen LogP contribution in [0.2, 0.25) is 0 Å². The van der Waals surface area contributed by atoms with Crippen LogP contribution < -0.4 is 5.73 Å². The van der Waals surface area contributed by atoms with Crippen molar-refractivity contribution >= 4 is 0 Å². The van der Waals surface area contributed by atoms with Gasteiger partial charge in [0.25, 0.3) is 0 Å². The van der Waals surface area contributed by atoms with E-state index in [2.05, 4.69) is 13.8 Å². The van der Waals surface area contributed by atoms with Gasteiger partial charge in [0, 0.05) is 6.04 Å². The monoisotopic (exact) mass is 209 g/mol. The van der Waals surface area contributed by atoms with Crippen molar-refractivity contribution in [1.29, 1.82) is 0 Å². The molecular formula is C13H20FN. The topological polar surface area (TPSA) is 26.0 Å². The van der Waals surface area contributed by atoms with Crippen LogP contribution in [0.25, 0.3) is 0 Å². The van der Waals surface area contributed by atoms with E-state index in [9.17, 15) is 4.39 Å². The van der Waals surface area contributed by atoms with Crippen molar-refractivity contribution in [3.05, 3.63) is 35.6 Å². The summed E-state index contributed by atoms with van der Waals surface area (Å²) in [5, 5.41) is 0. The standard InChI is InChI=1S/C13H20FN/c1-10(15)8-13(2,3)9-11-6-4-5-7-12(11)14/h4-7,10H,8-9,15H2,1-3H3. The normalized spacial score (nSPS) is 13.9. The van der Waals surface area contributed by atoms with E-state index in [1.807, 2.05) is 19.1 Å². The van der Waals surface area contributed by atoms with E-state index in [4.69, 9.17) is 5.73 Å². The highest BCUT2D eigenvalue weighted by Gasteiger charge is 2.21.